The van der Waals surface area contributed by atoms with Gasteiger partial charge in [0.25, 0.3) is 0 Å². The van der Waals surface area contributed by atoms with Gasteiger partial charge in [-0.05, 0) is 20.3 Å². The third-order valence-corrected chi connectivity index (χ3v) is 2.94. The summed E-state index contributed by atoms with van der Waals surface area (Å²) in [6.45, 7) is 4.54. The summed E-state index contributed by atoms with van der Waals surface area (Å²) in [5, 5.41) is 14.1. The fraction of sp³-hybridized carbons (Fsp3) is 0.583. The summed E-state index contributed by atoms with van der Waals surface area (Å²) >= 11 is 0. The van der Waals surface area contributed by atoms with Crippen LogP contribution in [0.1, 0.15) is 20.3 Å². The number of aromatic nitrogens is 2. The van der Waals surface area contributed by atoms with E-state index in [-0.39, 0.29) is 6.03 Å². The normalized spacial score (nSPS) is 13.6. The molecular weight excluding hydrogens is 248 g/mol. The van der Waals surface area contributed by atoms with Gasteiger partial charge in [0.15, 0.2) is 0 Å². The quantitative estimate of drug-likeness (QED) is 0.634. The first kappa shape index (κ1) is 15.0. The molecule has 7 heteroatoms. The van der Waals surface area contributed by atoms with E-state index in [0.29, 0.717) is 6.54 Å². The number of aryl methyl sites for hydroxylation is 1. The SMILES string of the molecule is CC(NC(=O)NCCCn1ccnc1)C(C)C(=O)O. The van der Waals surface area contributed by atoms with Crippen LogP contribution in [0.15, 0.2) is 18.7 Å². The second-order valence-electron chi connectivity index (χ2n) is 4.47. The minimum atomic E-state index is -0.923. The molecule has 0 aliphatic carbocycles. The van der Waals surface area contributed by atoms with Crippen LogP contribution in [0.4, 0.5) is 4.79 Å². The van der Waals surface area contributed by atoms with E-state index < -0.39 is 17.9 Å². The van der Waals surface area contributed by atoms with Crippen molar-refractivity contribution in [3.05, 3.63) is 18.7 Å². The highest BCUT2D eigenvalue weighted by molar-refractivity contribution is 5.76. The molecule has 0 saturated carbocycles. The molecule has 7 nitrogen and oxygen atoms in total. The van der Waals surface area contributed by atoms with Gasteiger partial charge in [0, 0.05) is 31.5 Å². The van der Waals surface area contributed by atoms with Gasteiger partial charge in [0.2, 0.25) is 0 Å². The molecule has 1 rings (SSSR count). The molecule has 0 fully saturated rings. The molecule has 0 bridgehead atoms. The number of imidazole rings is 1. The second-order valence-corrected chi connectivity index (χ2v) is 4.47. The Labute approximate surface area is 112 Å². The standard InChI is InChI=1S/C12H20N4O3/c1-9(11(17)18)10(2)15-12(19)14-4-3-6-16-7-5-13-8-16/h5,7-10H,3-4,6H2,1-2H3,(H,17,18)(H2,14,15,19). The number of carbonyl (C=O) groups excluding carboxylic acids is 1. The summed E-state index contributed by atoms with van der Waals surface area (Å²) in [5.41, 5.74) is 0. The first-order valence-electron chi connectivity index (χ1n) is 6.23. The molecule has 2 atom stereocenters. The number of carboxylic acid groups (broad SMARTS) is 1. The zero-order valence-electron chi connectivity index (χ0n) is 11.2. The van der Waals surface area contributed by atoms with Crippen LogP contribution in [0.25, 0.3) is 0 Å². The Morgan fingerprint density at radius 2 is 2.16 bits per heavy atom. The lowest BCUT2D eigenvalue weighted by molar-refractivity contribution is -0.141. The van der Waals surface area contributed by atoms with E-state index in [1.807, 2.05) is 10.8 Å². The van der Waals surface area contributed by atoms with Crippen molar-refractivity contribution in [2.24, 2.45) is 5.92 Å². The predicted molar refractivity (Wildman–Crippen MR) is 69.6 cm³/mol. The number of rotatable bonds is 7. The topological polar surface area (TPSA) is 96.3 Å². The number of carbonyl (C=O) groups is 2. The zero-order chi connectivity index (χ0) is 14.3. The average Bonchev–Trinajstić information content (AvgIpc) is 2.86. The molecule has 0 spiro atoms. The number of hydrogen-bond donors (Lipinski definition) is 3. The number of aliphatic carboxylic acids is 1. The highest BCUT2D eigenvalue weighted by Crippen LogP contribution is 2.01. The molecular formula is C12H20N4O3. The van der Waals surface area contributed by atoms with E-state index in [2.05, 4.69) is 15.6 Å². The molecule has 3 N–H and O–H groups in total. The third-order valence-electron chi connectivity index (χ3n) is 2.94. The zero-order valence-corrected chi connectivity index (χ0v) is 11.2. The summed E-state index contributed by atoms with van der Waals surface area (Å²) in [6, 6.07) is -0.752. The fourth-order valence-electron chi connectivity index (χ4n) is 1.48. The summed E-state index contributed by atoms with van der Waals surface area (Å²) in [5.74, 6) is -1.54. The van der Waals surface area contributed by atoms with Crippen LogP contribution in [0, 0.1) is 5.92 Å². The van der Waals surface area contributed by atoms with Gasteiger partial charge >= 0.3 is 12.0 Å². The Balaban J connectivity index is 2.15. The summed E-state index contributed by atoms with van der Waals surface area (Å²) in [7, 11) is 0. The van der Waals surface area contributed by atoms with Crippen LogP contribution in [0.2, 0.25) is 0 Å². The van der Waals surface area contributed by atoms with Crippen molar-refractivity contribution in [1.82, 2.24) is 20.2 Å². The van der Waals surface area contributed by atoms with Crippen molar-refractivity contribution in [2.75, 3.05) is 6.54 Å². The van der Waals surface area contributed by atoms with Gasteiger partial charge in [-0.1, -0.05) is 0 Å². The predicted octanol–water partition coefficient (Wildman–Crippen LogP) is 0.682. The largest absolute Gasteiger partial charge is 0.481 e. The van der Waals surface area contributed by atoms with Gasteiger partial charge < -0.3 is 20.3 Å². The molecule has 0 radical (unpaired) electrons. The van der Waals surface area contributed by atoms with Crippen molar-refractivity contribution in [3.63, 3.8) is 0 Å². The van der Waals surface area contributed by atoms with E-state index in [9.17, 15) is 9.59 Å². The highest BCUT2D eigenvalue weighted by Gasteiger charge is 2.20. The van der Waals surface area contributed by atoms with E-state index in [4.69, 9.17) is 5.11 Å². The summed E-state index contributed by atoms with van der Waals surface area (Å²) < 4.78 is 1.93. The lowest BCUT2D eigenvalue weighted by Gasteiger charge is -2.18. The molecule has 1 aromatic heterocycles. The van der Waals surface area contributed by atoms with Crippen molar-refractivity contribution in [2.45, 2.75) is 32.9 Å². The Morgan fingerprint density at radius 1 is 1.42 bits per heavy atom. The lowest BCUT2D eigenvalue weighted by atomic mass is 10.0. The minimum absolute atomic E-state index is 0.341. The number of amides is 2. The van der Waals surface area contributed by atoms with Gasteiger partial charge in [-0.15, -0.1) is 0 Å². The minimum Gasteiger partial charge on any atom is -0.481 e. The van der Waals surface area contributed by atoms with Gasteiger partial charge in [0.1, 0.15) is 0 Å². The summed E-state index contributed by atoms with van der Waals surface area (Å²) in [6.07, 6.45) is 6.06. The molecule has 2 unspecified atom stereocenters. The first-order valence-corrected chi connectivity index (χ1v) is 6.23. The van der Waals surface area contributed by atoms with Crippen LogP contribution >= 0.6 is 0 Å². The number of hydrogen-bond acceptors (Lipinski definition) is 3. The molecule has 2 amide bonds. The maximum absolute atomic E-state index is 11.5. The third kappa shape index (κ3) is 5.41. The average molecular weight is 268 g/mol. The maximum Gasteiger partial charge on any atom is 0.315 e. The van der Waals surface area contributed by atoms with Crippen LogP contribution in [-0.2, 0) is 11.3 Å². The van der Waals surface area contributed by atoms with Crippen molar-refractivity contribution >= 4 is 12.0 Å². The Kier molecular flexibility index (Phi) is 5.84. The lowest BCUT2D eigenvalue weighted by Crippen LogP contribution is -2.45. The number of nitrogens with zero attached hydrogens (tertiary/aromatic N) is 2. The van der Waals surface area contributed by atoms with Gasteiger partial charge in [-0.3, -0.25) is 4.79 Å². The van der Waals surface area contributed by atoms with E-state index in [1.54, 1.807) is 26.4 Å². The molecule has 106 valence electrons. The van der Waals surface area contributed by atoms with Crippen LogP contribution in [0.5, 0.6) is 0 Å². The van der Waals surface area contributed by atoms with E-state index in [1.165, 1.54) is 0 Å². The van der Waals surface area contributed by atoms with Crippen LogP contribution in [-0.4, -0.2) is 39.2 Å². The second kappa shape index (κ2) is 7.40. The van der Waals surface area contributed by atoms with Gasteiger partial charge in [-0.2, -0.15) is 0 Å². The molecule has 19 heavy (non-hydrogen) atoms. The molecule has 0 aliphatic rings. The van der Waals surface area contributed by atoms with E-state index >= 15 is 0 Å². The monoisotopic (exact) mass is 268 g/mol. The van der Waals surface area contributed by atoms with Crippen molar-refractivity contribution in [3.8, 4) is 0 Å². The Bertz CT molecular complexity index is 405. The molecule has 1 aromatic rings. The van der Waals surface area contributed by atoms with Gasteiger partial charge in [0.05, 0.1) is 12.2 Å². The molecule has 0 aromatic carbocycles. The van der Waals surface area contributed by atoms with Crippen molar-refractivity contribution in [1.29, 1.82) is 0 Å². The molecule has 1 heterocycles. The highest BCUT2D eigenvalue weighted by atomic mass is 16.4. The number of urea groups is 1. The Morgan fingerprint density at radius 3 is 2.74 bits per heavy atom. The van der Waals surface area contributed by atoms with E-state index in [0.717, 1.165) is 13.0 Å². The first-order chi connectivity index (χ1) is 9.00. The fourth-order valence-corrected chi connectivity index (χ4v) is 1.48. The summed E-state index contributed by atoms with van der Waals surface area (Å²) in [4.78, 5) is 26.2. The number of nitrogens with one attached hydrogen (secondary N) is 2. The Hall–Kier alpha value is -2.05. The number of carboxylic acids is 1. The maximum atomic E-state index is 11.5. The molecule has 0 saturated heterocycles. The smallest absolute Gasteiger partial charge is 0.315 e. The molecule has 0 aliphatic heterocycles. The van der Waals surface area contributed by atoms with Crippen LogP contribution < -0.4 is 10.6 Å². The van der Waals surface area contributed by atoms with Crippen molar-refractivity contribution < 1.29 is 14.7 Å². The van der Waals surface area contributed by atoms with Gasteiger partial charge in [-0.25, -0.2) is 9.78 Å². The van der Waals surface area contributed by atoms with Crippen LogP contribution in [0.3, 0.4) is 0 Å².